The van der Waals surface area contributed by atoms with E-state index in [2.05, 4.69) is 45.2 Å². The molecular weight excluding hydrogens is 545 g/mol. The van der Waals surface area contributed by atoms with Crippen LogP contribution in [0.5, 0.6) is 5.75 Å². The number of anilines is 2. The summed E-state index contributed by atoms with van der Waals surface area (Å²) in [6.45, 7) is 7.78. The van der Waals surface area contributed by atoms with E-state index in [9.17, 15) is 9.59 Å². The van der Waals surface area contributed by atoms with Crippen LogP contribution in [-0.4, -0.2) is 38.4 Å². The molecule has 0 aromatic heterocycles. The van der Waals surface area contributed by atoms with Crippen LogP contribution in [0.2, 0.25) is 0 Å². The van der Waals surface area contributed by atoms with Crippen LogP contribution in [-0.2, 0) is 9.59 Å². The Kier molecular flexibility index (Phi) is 14.1. The van der Waals surface area contributed by atoms with E-state index in [1.54, 1.807) is 13.2 Å². The molecule has 8 heteroatoms. The molecule has 6 nitrogen and oxygen atoms in total. The Morgan fingerprint density at radius 1 is 1.22 bits per heavy atom. The number of hydrogen-bond acceptors (Lipinski definition) is 5. The van der Waals surface area contributed by atoms with Gasteiger partial charge in [-0.15, -0.1) is 26.5 Å². The number of carbonyl (C=O) groups excluding carboxylic acids is 2. The molecule has 0 bridgehead atoms. The molecule has 3 N–H and O–H groups in total. The van der Waals surface area contributed by atoms with Crippen molar-refractivity contribution in [1.29, 1.82) is 0 Å². The van der Waals surface area contributed by atoms with Gasteiger partial charge in [-0.05, 0) is 49.9 Å². The summed E-state index contributed by atoms with van der Waals surface area (Å²) >= 11 is 3.39. The van der Waals surface area contributed by atoms with Gasteiger partial charge in [0.25, 0.3) is 0 Å². The molecule has 2 fully saturated rings. The molecule has 1 aliphatic carbocycles. The Labute approximate surface area is 266 Å². The molecule has 1 unspecified atom stereocenters. The number of hydrogen-bond donors (Lipinski definition) is 3. The summed E-state index contributed by atoms with van der Waals surface area (Å²) in [6.07, 6.45) is 10.6. The number of halogens is 1. The minimum atomic E-state index is 0. The fourth-order valence-electron chi connectivity index (χ4n) is 4.33. The van der Waals surface area contributed by atoms with Gasteiger partial charge in [0.2, 0.25) is 5.91 Å². The second-order valence-corrected chi connectivity index (χ2v) is 9.93. The van der Waals surface area contributed by atoms with Crippen molar-refractivity contribution in [2.24, 2.45) is 5.92 Å². The maximum absolute atomic E-state index is 12.1. The number of rotatable bonds is 7. The molecule has 0 radical (unpaired) electrons. The van der Waals surface area contributed by atoms with E-state index in [4.69, 9.17) is 4.74 Å². The van der Waals surface area contributed by atoms with Crippen LogP contribution < -0.4 is 72.1 Å². The van der Waals surface area contributed by atoms with Gasteiger partial charge < -0.3 is 31.9 Å². The number of aryl methyl sites for hydroxylation is 1. The predicted octanol–water partition coefficient (Wildman–Crippen LogP) is 2.59. The minimum Gasteiger partial charge on any atom is -0.496 e. The van der Waals surface area contributed by atoms with Crippen molar-refractivity contribution in [3.8, 4) is 5.75 Å². The van der Waals surface area contributed by atoms with Crippen LogP contribution in [0.3, 0.4) is 0 Å². The molecule has 1 atom stereocenters. The molecule has 36 heavy (non-hydrogen) atoms. The molecule has 190 valence electrons. The van der Waals surface area contributed by atoms with Gasteiger partial charge in [0, 0.05) is 30.3 Å². The van der Waals surface area contributed by atoms with Crippen LogP contribution in [0.25, 0.3) is 0 Å². The fraction of sp³-hybridized carbons (Fsp3) is 0.429. The molecule has 2 aliphatic rings. The zero-order chi connectivity index (χ0) is 25.2. The number of ether oxygens (including phenoxy) is 1. The molecule has 0 spiro atoms. The van der Waals surface area contributed by atoms with E-state index < -0.39 is 0 Å². The van der Waals surface area contributed by atoms with Gasteiger partial charge >= 0.3 is 51.4 Å². The quantitative estimate of drug-likeness (QED) is 0.347. The summed E-state index contributed by atoms with van der Waals surface area (Å²) in [5, 5.41) is 9.73. The molecular formula is C28H35BrKN3O3-2. The molecule has 1 amide bonds. The van der Waals surface area contributed by atoms with Crippen molar-refractivity contribution < 1.29 is 65.7 Å². The van der Waals surface area contributed by atoms with Crippen molar-refractivity contribution in [3.63, 3.8) is 0 Å². The van der Waals surface area contributed by atoms with Gasteiger partial charge in [-0.25, -0.2) is 0 Å². The Bertz CT molecular complexity index is 1010. The number of amides is 1. The molecule has 2 aromatic rings. The number of nitrogens with one attached hydrogen (secondary N) is 3. The van der Waals surface area contributed by atoms with Gasteiger partial charge in [-0.3, -0.25) is 22.8 Å². The second kappa shape index (κ2) is 16.2. The molecule has 4 rings (SSSR count). The van der Waals surface area contributed by atoms with Crippen LogP contribution in [0.1, 0.15) is 55.2 Å². The van der Waals surface area contributed by atoms with E-state index >= 15 is 0 Å². The minimum absolute atomic E-state index is 0. The number of carbonyl (C=O) groups is 1. The first-order valence-corrected chi connectivity index (χ1v) is 13.0. The molecule has 2 aromatic carbocycles. The monoisotopic (exact) mass is 579 g/mol. The first-order chi connectivity index (χ1) is 16.9. The normalized spacial score (nSPS) is 17.2. The maximum Gasteiger partial charge on any atom is 1.00 e. The van der Waals surface area contributed by atoms with Crippen molar-refractivity contribution in [1.82, 2.24) is 5.32 Å². The largest absolute Gasteiger partial charge is 1.00 e. The predicted molar refractivity (Wildman–Crippen MR) is 146 cm³/mol. The van der Waals surface area contributed by atoms with Gasteiger partial charge in [0.05, 0.1) is 7.11 Å². The van der Waals surface area contributed by atoms with Gasteiger partial charge in [-0.2, -0.15) is 18.9 Å². The average Bonchev–Trinajstić information content (AvgIpc) is 3.40. The van der Waals surface area contributed by atoms with Gasteiger partial charge in [0.15, 0.2) is 0 Å². The van der Waals surface area contributed by atoms with Gasteiger partial charge in [0.1, 0.15) is 5.75 Å². The van der Waals surface area contributed by atoms with E-state index in [-0.39, 0.29) is 63.2 Å². The first kappa shape index (κ1) is 31.3. The summed E-state index contributed by atoms with van der Waals surface area (Å²) in [5.41, 5.74) is 4.00. The standard InChI is InChI=1S/C15H20NO2.C13H15BrN2O.K/c1-11-8-9-13(10-14(11)18-2)16-15(17)12-6-4-3-5-7-12;1-9-10(8-17)5-12(6-13(9)14)16-7-11-3-2-4-15-11;/h3,8-10,12H,4-7H2,1-2H3,(H,16,17);5-6,11,15-16H,1-4,7H2;/q-1;-2;+1. The molecule has 1 saturated heterocycles. The molecule has 1 saturated carbocycles. The van der Waals surface area contributed by atoms with E-state index in [1.807, 2.05) is 37.5 Å². The Hall–Kier alpha value is -0.874. The van der Waals surface area contributed by atoms with Crippen molar-refractivity contribution in [2.75, 3.05) is 30.8 Å². The zero-order valence-corrected chi connectivity index (χ0v) is 26.3. The summed E-state index contributed by atoms with van der Waals surface area (Å²) in [7, 11) is 1.64. The second-order valence-electron chi connectivity index (χ2n) is 9.07. The van der Waals surface area contributed by atoms with Crippen LogP contribution in [0.4, 0.5) is 11.4 Å². The Balaban J connectivity index is 0.000000247. The smallest absolute Gasteiger partial charge is 0.496 e. The zero-order valence-electron chi connectivity index (χ0n) is 21.6. The number of methoxy groups -OCH3 is 1. The Morgan fingerprint density at radius 3 is 2.61 bits per heavy atom. The average molecular weight is 581 g/mol. The Morgan fingerprint density at radius 2 is 1.97 bits per heavy atom. The van der Waals surface area contributed by atoms with Crippen molar-refractivity contribution >= 4 is 39.5 Å². The fourth-order valence-corrected chi connectivity index (χ4v) is 4.79. The molecule has 1 heterocycles. The summed E-state index contributed by atoms with van der Waals surface area (Å²) in [6, 6.07) is 10.0. The molecule has 1 aliphatic heterocycles. The summed E-state index contributed by atoms with van der Waals surface area (Å²) in [4.78, 5) is 22.9. The third-order valence-electron chi connectivity index (χ3n) is 6.51. The third kappa shape index (κ3) is 9.46. The summed E-state index contributed by atoms with van der Waals surface area (Å²) < 4.78 is 6.09. The van der Waals surface area contributed by atoms with E-state index in [0.717, 1.165) is 65.9 Å². The van der Waals surface area contributed by atoms with Crippen molar-refractivity contribution in [2.45, 2.75) is 51.5 Å². The summed E-state index contributed by atoms with van der Waals surface area (Å²) in [5.74, 6) is 1.10. The third-order valence-corrected chi connectivity index (χ3v) is 7.21. The van der Waals surface area contributed by atoms with Gasteiger partial charge in [-0.1, -0.05) is 18.9 Å². The van der Waals surface area contributed by atoms with Crippen LogP contribution in [0.15, 0.2) is 34.8 Å². The van der Waals surface area contributed by atoms with Crippen molar-refractivity contribution in [3.05, 3.63) is 64.8 Å². The first-order valence-electron chi connectivity index (χ1n) is 12.2. The van der Waals surface area contributed by atoms with Crippen LogP contribution in [0, 0.1) is 26.2 Å². The van der Waals surface area contributed by atoms with E-state index in [0.29, 0.717) is 17.2 Å². The maximum atomic E-state index is 12.1. The van der Waals surface area contributed by atoms with Crippen LogP contribution >= 0.6 is 15.9 Å². The SMILES string of the molecule is COc1cc(NC(=O)C2CC[CH-]CC2)ccc1C.[CH2-]c1c(Br)cc(NCC2CCCN2)cc1[C-]=O.[K+]. The number of benzene rings is 2. The van der Waals surface area contributed by atoms with E-state index in [1.165, 1.54) is 12.8 Å². The topological polar surface area (TPSA) is 79.5 Å².